The Hall–Kier alpha value is -6.68. The summed E-state index contributed by atoms with van der Waals surface area (Å²) in [6, 6.07) is 63.1. The summed E-state index contributed by atoms with van der Waals surface area (Å²) in [5.74, 6) is 0.284. The molecule has 2 aromatic heterocycles. The van der Waals surface area contributed by atoms with Gasteiger partial charge in [-0.15, -0.1) is 11.3 Å². The van der Waals surface area contributed by atoms with Crippen LogP contribution in [0.1, 0.15) is 11.5 Å². The molecule has 0 amide bonds. The lowest BCUT2D eigenvalue weighted by Crippen LogP contribution is -2.28. The summed E-state index contributed by atoms with van der Waals surface area (Å²) < 4.78 is 5.12. The molecule has 2 unspecified atom stereocenters. The van der Waals surface area contributed by atoms with Crippen molar-refractivity contribution in [2.24, 2.45) is 0 Å². The van der Waals surface area contributed by atoms with Crippen LogP contribution >= 0.6 is 11.3 Å². The zero-order valence-corrected chi connectivity index (χ0v) is 30.7. The number of fused-ring (bicyclic) bond motifs is 10. The fraction of sp³-hybridized carbons (Fsp3) is 0.0385. The maximum absolute atomic E-state index is 2.56. The third-order valence-corrected chi connectivity index (χ3v) is 13.1. The lowest BCUT2D eigenvalue weighted by Gasteiger charge is -2.29. The van der Waals surface area contributed by atoms with Gasteiger partial charge in [-0.05, 0) is 81.7 Å². The minimum absolute atomic E-state index is 0.237. The van der Waals surface area contributed by atoms with Crippen molar-refractivity contribution in [2.75, 3.05) is 4.90 Å². The fourth-order valence-corrected chi connectivity index (χ4v) is 10.7. The van der Waals surface area contributed by atoms with Gasteiger partial charge in [0, 0.05) is 48.9 Å². The minimum atomic E-state index is 0.237. The van der Waals surface area contributed by atoms with E-state index >= 15 is 0 Å². The highest BCUT2D eigenvalue weighted by atomic mass is 32.1. The van der Waals surface area contributed by atoms with Gasteiger partial charge in [0.15, 0.2) is 0 Å². The molecule has 2 aliphatic rings. The van der Waals surface area contributed by atoms with Crippen molar-refractivity contribution in [1.29, 1.82) is 0 Å². The first-order valence-corrected chi connectivity index (χ1v) is 19.9. The van der Waals surface area contributed by atoms with Crippen LogP contribution in [0.5, 0.6) is 0 Å². The number of nitrogens with zero attached hydrogens (tertiary/aromatic N) is 2. The van der Waals surface area contributed by atoms with E-state index in [2.05, 4.69) is 204 Å². The third kappa shape index (κ3) is 4.54. The van der Waals surface area contributed by atoms with E-state index in [1.165, 1.54) is 97.6 Å². The number of aromatic nitrogens is 1. The second kappa shape index (κ2) is 11.9. The Morgan fingerprint density at radius 3 is 2.09 bits per heavy atom. The maximum Gasteiger partial charge on any atom is 0.0641 e. The van der Waals surface area contributed by atoms with Gasteiger partial charge < -0.3 is 9.47 Å². The molecule has 1 aliphatic heterocycles. The zero-order valence-electron chi connectivity index (χ0n) is 29.9. The molecular formula is C52H34N2S. The number of hydrogen-bond acceptors (Lipinski definition) is 2. The Bertz CT molecular complexity index is 3230. The molecule has 1 aliphatic carbocycles. The first kappa shape index (κ1) is 30.7. The second-order valence-corrected chi connectivity index (χ2v) is 15.9. The highest BCUT2D eigenvalue weighted by Gasteiger charge is 2.38. The average molecular weight is 719 g/mol. The molecule has 0 fully saturated rings. The van der Waals surface area contributed by atoms with E-state index in [0.29, 0.717) is 0 Å². The normalized spacial score (nSPS) is 16.2. The third-order valence-electron chi connectivity index (χ3n) is 11.9. The van der Waals surface area contributed by atoms with Gasteiger partial charge in [0.25, 0.3) is 0 Å². The Morgan fingerprint density at radius 2 is 1.16 bits per heavy atom. The Kier molecular flexibility index (Phi) is 6.66. The van der Waals surface area contributed by atoms with Gasteiger partial charge in [0.2, 0.25) is 0 Å². The van der Waals surface area contributed by atoms with Crippen molar-refractivity contribution in [2.45, 2.75) is 12.0 Å². The molecule has 2 nitrogen and oxygen atoms in total. The van der Waals surface area contributed by atoms with Gasteiger partial charge >= 0.3 is 0 Å². The van der Waals surface area contributed by atoms with Crippen molar-refractivity contribution in [3.8, 4) is 27.9 Å². The fourth-order valence-electron chi connectivity index (χ4n) is 9.48. The molecule has 0 radical (unpaired) electrons. The van der Waals surface area contributed by atoms with E-state index in [4.69, 9.17) is 0 Å². The zero-order chi connectivity index (χ0) is 36.0. The lowest BCUT2D eigenvalue weighted by molar-refractivity contribution is 0.746. The monoisotopic (exact) mass is 718 g/mol. The number of hydrogen-bond donors (Lipinski definition) is 0. The molecule has 0 saturated heterocycles. The summed E-state index contributed by atoms with van der Waals surface area (Å²) in [4.78, 5) is 2.56. The molecule has 3 heteroatoms. The van der Waals surface area contributed by atoms with Crippen LogP contribution in [0.2, 0.25) is 0 Å². The van der Waals surface area contributed by atoms with Crippen LogP contribution in [0.15, 0.2) is 194 Å². The van der Waals surface area contributed by atoms with Gasteiger partial charge in [-0.25, -0.2) is 0 Å². The Morgan fingerprint density at radius 1 is 0.455 bits per heavy atom. The SMILES string of the molecule is C1=CC2c3cc(-c4ccc5c(c4)c4ccccc4n5-c4ccc(-c5ccccc5)c5c4sc4ccccc45)ccc3N(c3cccc4ccccc34)C2C=C1. The predicted octanol–water partition coefficient (Wildman–Crippen LogP) is 14.4. The molecule has 0 bridgehead atoms. The number of rotatable bonds is 4. The molecule has 0 saturated carbocycles. The standard InChI is InChI=1S/C52H34N2S/c1-2-13-34(14-3-1)38-27-30-49(52-51(38)41-20-8-11-24-50(41)55-52)54-46-22-10-7-19-40(46)43-32-36(26-29-48(43)54)35-25-28-47-42(31-35)39-18-6-9-21-45(39)53(47)44-23-12-16-33-15-4-5-17-37(33)44/h1-32,39,45H. The van der Waals surface area contributed by atoms with E-state index < -0.39 is 0 Å². The van der Waals surface area contributed by atoms with Crippen LogP contribution in [0.25, 0.3) is 80.7 Å². The first-order chi connectivity index (χ1) is 27.3. The van der Waals surface area contributed by atoms with E-state index in [1.807, 2.05) is 11.3 Å². The highest BCUT2D eigenvalue weighted by Crippen LogP contribution is 2.51. The molecule has 8 aromatic carbocycles. The predicted molar refractivity (Wildman–Crippen MR) is 235 cm³/mol. The number of para-hydroxylation sites is 1. The van der Waals surface area contributed by atoms with Gasteiger partial charge in [-0.3, -0.25) is 0 Å². The topological polar surface area (TPSA) is 8.17 Å². The molecule has 55 heavy (non-hydrogen) atoms. The van der Waals surface area contributed by atoms with Gasteiger partial charge in [0.05, 0.1) is 27.5 Å². The van der Waals surface area contributed by atoms with Crippen LogP contribution < -0.4 is 4.90 Å². The van der Waals surface area contributed by atoms with Crippen molar-refractivity contribution in [3.05, 3.63) is 200 Å². The summed E-state index contributed by atoms with van der Waals surface area (Å²) in [5.41, 5.74) is 12.6. The number of benzene rings is 8. The molecule has 12 rings (SSSR count). The maximum atomic E-state index is 2.56. The molecular weight excluding hydrogens is 685 g/mol. The summed E-state index contributed by atoms with van der Waals surface area (Å²) in [6.45, 7) is 0. The van der Waals surface area contributed by atoms with Crippen LogP contribution in [0.3, 0.4) is 0 Å². The van der Waals surface area contributed by atoms with Crippen molar-refractivity contribution >= 4 is 75.5 Å². The number of allylic oxidation sites excluding steroid dienone is 2. The van der Waals surface area contributed by atoms with Crippen LogP contribution in [0.4, 0.5) is 11.4 Å². The van der Waals surface area contributed by atoms with Crippen molar-refractivity contribution < 1.29 is 0 Å². The largest absolute Gasteiger partial charge is 0.333 e. The van der Waals surface area contributed by atoms with E-state index in [-0.39, 0.29) is 12.0 Å². The van der Waals surface area contributed by atoms with Crippen LogP contribution in [-0.2, 0) is 0 Å². The van der Waals surface area contributed by atoms with Gasteiger partial charge in [-0.1, -0.05) is 146 Å². The summed E-state index contributed by atoms with van der Waals surface area (Å²) in [5, 5.41) is 7.73. The summed E-state index contributed by atoms with van der Waals surface area (Å²) in [7, 11) is 0. The number of anilines is 2. The van der Waals surface area contributed by atoms with E-state index in [0.717, 1.165) is 0 Å². The molecule has 0 spiro atoms. The smallest absolute Gasteiger partial charge is 0.0641 e. The van der Waals surface area contributed by atoms with Crippen molar-refractivity contribution in [1.82, 2.24) is 4.57 Å². The van der Waals surface area contributed by atoms with Gasteiger partial charge in [-0.2, -0.15) is 0 Å². The Labute approximate surface area is 323 Å². The van der Waals surface area contributed by atoms with Crippen molar-refractivity contribution in [3.63, 3.8) is 0 Å². The second-order valence-electron chi connectivity index (χ2n) is 14.8. The molecule has 2 atom stereocenters. The summed E-state index contributed by atoms with van der Waals surface area (Å²) in [6.07, 6.45) is 9.17. The minimum Gasteiger partial charge on any atom is -0.333 e. The quantitative estimate of drug-likeness (QED) is 0.176. The first-order valence-electron chi connectivity index (χ1n) is 19.1. The van der Waals surface area contributed by atoms with E-state index in [9.17, 15) is 0 Å². The summed E-state index contributed by atoms with van der Waals surface area (Å²) >= 11 is 1.90. The molecule has 10 aromatic rings. The van der Waals surface area contributed by atoms with E-state index in [1.54, 1.807) is 0 Å². The number of thiophene rings is 1. The lowest BCUT2D eigenvalue weighted by atomic mass is 9.89. The Balaban J connectivity index is 1.03. The van der Waals surface area contributed by atoms with Crippen LogP contribution in [-0.4, -0.2) is 10.6 Å². The molecule has 0 N–H and O–H groups in total. The molecule has 258 valence electrons. The van der Waals surface area contributed by atoms with Gasteiger partial charge in [0.1, 0.15) is 0 Å². The molecule has 3 heterocycles. The highest BCUT2D eigenvalue weighted by molar-refractivity contribution is 7.26. The average Bonchev–Trinajstić information content (AvgIpc) is 3.91. The van der Waals surface area contributed by atoms with Crippen LogP contribution in [0, 0.1) is 0 Å².